The van der Waals surface area contributed by atoms with Crippen molar-refractivity contribution in [3.8, 4) is 0 Å². The first-order chi connectivity index (χ1) is 8.41. The molecule has 1 fully saturated rings. The lowest BCUT2D eigenvalue weighted by Gasteiger charge is -2.35. The lowest BCUT2D eigenvalue weighted by molar-refractivity contribution is -0.126. The molecule has 1 heterocycles. The van der Waals surface area contributed by atoms with Crippen LogP contribution in [0.25, 0.3) is 0 Å². The van der Waals surface area contributed by atoms with Gasteiger partial charge in [-0.15, -0.1) is 0 Å². The lowest BCUT2D eigenvalue weighted by Crippen LogP contribution is -2.49. The zero-order chi connectivity index (χ0) is 13.7. The van der Waals surface area contributed by atoms with Crippen LogP contribution in [0.4, 0.5) is 0 Å². The van der Waals surface area contributed by atoms with Crippen LogP contribution < -0.4 is 11.1 Å². The highest BCUT2D eigenvalue weighted by molar-refractivity contribution is 7.80. The molecule has 104 valence electrons. The molecule has 0 saturated carbocycles. The Balaban J connectivity index is 2.37. The Kier molecular flexibility index (Phi) is 6.02. The maximum absolute atomic E-state index is 12.0. The van der Waals surface area contributed by atoms with Gasteiger partial charge in [0, 0.05) is 12.5 Å². The minimum absolute atomic E-state index is 0.0592. The zero-order valence-electron chi connectivity index (χ0n) is 11.6. The maximum atomic E-state index is 12.0. The largest absolute Gasteiger partial charge is 0.393 e. The van der Waals surface area contributed by atoms with E-state index in [0.29, 0.717) is 16.8 Å². The zero-order valence-corrected chi connectivity index (χ0v) is 12.4. The fourth-order valence-electron chi connectivity index (χ4n) is 2.19. The van der Waals surface area contributed by atoms with Crippen LogP contribution in [0.15, 0.2) is 0 Å². The third kappa shape index (κ3) is 4.53. The van der Waals surface area contributed by atoms with E-state index in [1.54, 1.807) is 0 Å². The molecular weight excluding hydrogens is 246 g/mol. The second-order valence-corrected chi connectivity index (χ2v) is 6.00. The van der Waals surface area contributed by atoms with E-state index in [0.717, 1.165) is 32.5 Å². The summed E-state index contributed by atoms with van der Waals surface area (Å²) in [6.45, 7) is 8.71. The second-order valence-electron chi connectivity index (χ2n) is 5.53. The van der Waals surface area contributed by atoms with E-state index in [9.17, 15) is 4.79 Å². The quantitative estimate of drug-likeness (QED) is 0.736. The summed E-state index contributed by atoms with van der Waals surface area (Å²) >= 11 is 5.02. The van der Waals surface area contributed by atoms with Gasteiger partial charge in [0.2, 0.25) is 5.91 Å². The molecule has 0 spiro atoms. The van der Waals surface area contributed by atoms with Crippen LogP contribution in [-0.4, -0.2) is 41.5 Å². The predicted octanol–water partition coefficient (Wildman–Crippen LogP) is 1.15. The monoisotopic (exact) mass is 271 g/mol. The van der Waals surface area contributed by atoms with Gasteiger partial charge in [0.05, 0.1) is 11.0 Å². The Bertz CT molecular complexity index is 299. The van der Waals surface area contributed by atoms with Crippen LogP contribution in [0.2, 0.25) is 0 Å². The molecule has 1 unspecified atom stereocenters. The van der Waals surface area contributed by atoms with E-state index >= 15 is 0 Å². The average Bonchev–Trinajstić information content (AvgIpc) is 2.35. The number of amides is 1. The van der Waals surface area contributed by atoms with Gasteiger partial charge in [0.15, 0.2) is 0 Å². The van der Waals surface area contributed by atoms with E-state index in [2.05, 4.69) is 24.1 Å². The third-order valence-corrected chi connectivity index (χ3v) is 3.88. The second kappa shape index (κ2) is 7.04. The van der Waals surface area contributed by atoms with Gasteiger partial charge in [-0.1, -0.05) is 26.1 Å². The minimum Gasteiger partial charge on any atom is -0.393 e. The van der Waals surface area contributed by atoms with Crippen molar-refractivity contribution in [1.82, 2.24) is 10.2 Å². The number of likely N-dealkylation sites (tertiary alicyclic amines) is 1. The number of thiocarbonyl (C=S) groups is 1. The Morgan fingerprint density at radius 1 is 1.39 bits per heavy atom. The van der Waals surface area contributed by atoms with E-state index in [-0.39, 0.29) is 11.9 Å². The number of rotatable bonds is 5. The summed E-state index contributed by atoms with van der Waals surface area (Å²) < 4.78 is 0. The summed E-state index contributed by atoms with van der Waals surface area (Å²) in [6.07, 6.45) is 1.94. The summed E-state index contributed by atoms with van der Waals surface area (Å²) in [4.78, 5) is 14.8. The Hall–Kier alpha value is -0.680. The molecule has 3 N–H and O–H groups in total. The molecule has 1 rings (SSSR count). The van der Waals surface area contributed by atoms with Crippen molar-refractivity contribution in [2.45, 2.75) is 39.7 Å². The summed E-state index contributed by atoms with van der Waals surface area (Å²) in [7, 11) is 0. The number of carbonyl (C=O) groups is 1. The fraction of sp³-hybridized carbons (Fsp3) is 0.846. The number of nitrogens with one attached hydrogen (secondary N) is 1. The molecule has 18 heavy (non-hydrogen) atoms. The number of hydrogen-bond donors (Lipinski definition) is 2. The highest BCUT2D eigenvalue weighted by Gasteiger charge is 2.27. The van der Waals surface area contributed by atoms with Crippen molar-refractivity contribution < 1.29 is 4.79 Å². The maximum Gasteiger partial charge on any atom is 0.237 e. The van der Waals surface area contributed by atoms with Crippen molar-refractivity contribution in [3.63, 3.8) is 0 Å². The number of nitrogens with two attached hydrogens (primary N) is 1. The van der Waals surface area contributed by atoms with E-state index in [4.69, 9.17) is 18.0 Å². The van der Waals surface area contributed by atoms with E-state index in [1.807, 2.05) is 6.92 Å². The van der Waals surface area contributed by atoms with Gasteiger partial charge in [-0.25, -0.2) is 0 Å². The van der Waals surface area contributed by atoms with E-state index in [1.165, 1.54) is 0 Å². The first-order valence-electron chi connectivity index (χ1n) is 6.73. The summed E-state index contributed by atoms with van der Waals surface area (Å²) in [5, 5.41) is 2.98. The van der Waals surface area contributed by atoms with E-state index < -0.39 is 0 Å². The predicted molar refractivity (Wildman–Crippen MR) is 78.4 cm³/mol. The Labute approximate surface area is 115 Å². The van der Waals surface area contributed by atoms with Gasteiger partial charge in [-0.3, -0.25) is 9.69 Å². The van der Waals surface area contributed by atoms with Crippen LogP contribution in [0.5, 0.6) is 0 Å². The minimum atomic E-state index is -0.0592. The van der Waals surface area contributed by atoms with Crippen LogP contribution in [0.1, 0.15) is 33.6 Å². The van der Waals surface area contributed by atoms with Gasteiger partial charge in [-0.05, 0) is 38.8 Å². The number of hydrogen-bond acceptors (Lipinski definition) is 3. The molecule has 4 nitrogen and oxygen atoms in total. The Morgan fingerprint density at radius 3 is 2.39 bits per heavy atom. The topological polar surface area (TPSA) is 58.4 Å². The van der Waals surface area contributed by atoms with Crippen molar-refractivity contribution in [2.24, 2.45) is 17.6 Å². The molecule has 1 saturated heterocycles. The van der Waals surface area contributed by atoms with Gasteiger partial charge in [0.1, 0.15) is 0 Å². The molecule has 0 aromatic rings. The Morgan fingerprint density at radius 2 is 1.94 bits per heavy atom. The highest BCUT2D eigenvalue weighted by atomic mass is 32.1. The summed E-state index contributed by atoms with van der Waals surface area (Å²) in [6, 6.07) is -0.0592. The molecule has 5 heteroatoms. The van der Waals surface area contributed by atoms with Gasteiger partial charge in [0.25, 0.3) is 0 Å². The lowest BCUT2D eigenvalue weighted by atomic mass is 9.96. The van der Waals surface area contributed by atoms with Crippen molar-refractivity contribution in [3.05, 3.63) is 0 Å². The highest BCUT2D eigenvalue weighted by Crippen LogP contribution is 2.19. The summed E-state index contributed by atoms with van der Waals surface area (Å²) in [5.41, 5.74) is 5.66. The molecule has 1 atom stereocenters. The van der Waals surface area contributed by atoms with Crippen molar-refractivity contribution in [2.75, 3.05) is 19.6 Å². The molecule has 0 aromatic carbocycles. The normalized spacial score (nSPS) is 19.8. The molecule has 0 aliphatic carbocycles. The molecule has 0 aromatic heterocycles. The molecular formula is C13H25N3OS. The smallest absolute Gasteiger partial charge is 0.237 e. The van der Waals surface area contributed by atoms with Crippen LogP contribution >= 0.6 is 12.2 Å². The number of nitrogens with zero attached hydrogens (tertiary/aromatic N) is 1. The first kappa shape index (κ1) is 15.4. The third-order valence-electron chi connectivity index (χ3n) is 3.54. The van der Waals surface area contributed by atoms with Crippen LogP contribution in [0, 0.1) is 11.8 Å². The average molecular weight is 271 g/mol. The van der Waals surface area contributed by atoms with Crippen LogP contribution in [-0.2, 0) is 4.79 Å². The summed E-state index contributed by atoms with van der Waals surface area (Å²) in [5.74, 6) is 0.959. The standard InChI is InChI=1S/C13H25N3OS/c1-9(2)8-15-13(17)10(3)16-6-4-11(5-7-16)12(14)18/h9-11H,4-8H2,1-3H3,(H2,14,18)(H,15,17). The fourth-order valence-corrected chi connectivity index (χ4v) is 2.43. The molecule has 1 aliphatic heterocycles. The SMILES string of the molecule is CC(C)CNC(=O)C(C)N1CCC(C(N)=S)CC1. The van der Waals surface area contributed by atoms with Crippen molar-refractivity contribution in [1.29, 1.82) is 0 Å². The molecule has 0 radical (unpaired) electrons. The molecule has 1 aliphatic rings. The number of piperidine rings is 1. The van der Waals surface area contributed by atoms with Crippen molar-refractivity contribution >= 4 is 23.1 Å². The molecule has 0 bridgehead atoms. The van der Waals surface area contributed by atoms with Gasteiger partial charge in [-0.2, -0.15) is 0 Å². The van der Waals surface area contributed by atoms with Gasteiger partial charge < -0.3 is 11.1 Å². The van der Waals surface area contributed by atoms with Crippen LogP contribution in [0.3, 0.4) is 0 Å². The molecule has 1 amide bonds. The number of carbonyl (C=O) groups excluding carboxylic acids is 1. The first-order valence-corrected chi connectivity index (χ1v) is 7.13. The van der Waals surface area contributed by atoms with Gasteiger partial charge >= 0.3 is 0 Å².